The van der Waals surface area contributed by atoms with Gasteiger partial charge in [-0.3, -0.25) is 4.79 Å². The Bertz CT molecular complexity index is 889. The lowest BCUT2D eigenvalue weighted by molar-refractivity contribution is 0.0921. The summed E-state index contributed by atoms with van der Waals surface area (Å²) in [5, 5.41) is 7.46. The van der Waals surface area contributed by atoms with Crippen molar-refractivity contribution in [2.75, 3.05) is 6.54 Å². The number of benzene rings is 1. The third-order valence-corrected chi connectivity index (χ3v) is 4.81. The van der Waals surface area contributed by atoms with Gasteiger partial charge in [0, 0.05) is 17.5 Å². The lowest BCUT2D eigenvalue weighted by Gasteiger charge is -2.30. The smallest absolute Gasteiger partial charge is 0.252 e. The highest BCUT2D eigenvalue weighted by Gasteiger charge is 2.24. The highest BCUT2D eigenvalue weighted by molar-refractivity contribution is 6.07. The molecule has 0 bridgehead atoms. The maximum atomic E-state index is 13.0. The average Bonchev–Trinajstić information content (AvgIpc) is 3.17. The summed E-state index contributed by atoms with van der Waals surface area (Å²) >= 11 is 0. The predicted molar refractivity (Wildman–Crippen MR) is 97.4 cm³/mol. The quantitative estimate of drug-likeness (QED) is 0.770. The summed E-state index contributed by atoms with van der Waals surface area (Å²) in [6.07, 6.45) is 3.68. The second-order valence-corrected chi connectivity index (χ2v) is 6.51. The molecule has 1 fully saturated rings. The fourth-order valence-electron chi connectivity index (χ4n) is 3.40. The van der Waals surface area contributed by atoms with Crippen molar-refractivity contribution >= 4 is 16.8 Å². The molecule has 0 aliphatic carbocycles. The molecule has 2 unspecified atom stereocenters. The van der Waals surface area contributed by atoms with E-state index in [-0.39, 0.29) is 18.0 Å². The number of amides is 1. The van der Waals surface area contributed by atoms with Crippen molar-refractivity contribution in [1.82, 2.24) is 15.6 Å². The van der Waals surface area contributed by atoms with Gasteiger partial charge in [0.2, 0.25) is 0 Å². The molecule has 5 nitrogen and oxygen atoms in total. The maximum absolute atomic E-state index is 13.0. The normalized spacial score (nSPS) is 20.5. The summed E-state index contributed by atoms with van der Waals surface area (Å²) in [5.74, 6) is 0.597. The van der Waals surface area contributed by atoms with Crippen molar-refractivity contribution in [1.29, 1.82) is 0 Å². The van der Waals surface area contributed by atoms with E-state index in [0.717, 1.165) is 30.3 Å². The third-order valence-electron chi connectivity index (χ3n) is 4.81. The van der Waals surface area contributed by atoms with E-state index in [1.54, 1.807) is 6.26 Å². The van der Waals surface area contributed by atoms with Crippen LogP contribution in [-0.2, 0) is 0 Å². The first kappa shape index (κ1) is 15.8. The molecule has 3 aromatic rings. The number of nitrogens with one attached hydrogen (secondary N) is 2. The van der Waals surface area contributed by atoms with Crippen LogP contribution in [0.1, 0.15) is 30.1 Å². The van der Waals surface area contributed by atoms with Crippen LogP contribution < -0.4 is 10.6 Å². The monoisotopic (exact) mass is 335 g/mol. The molecule has 2 N–H and O–H groups in total. The Balaban J connectivity index is 1.73. The van der Waals surface area contributed by atoms with Crippen LogP contribution in [-0.4, -0.2) is 29.5 Å². The number of piperidine rings is 1. The van der Waals surface area contributed by atoms with Crippen molar-refractivity contribution in [3.63, 3.8) is 0 Å². The van der Waals surface area contributed by atoms with Crippen molar-refractivity contribution in [2.45, 2.75) is 31.8 Å². The van der Waals surface area contributed by atoms with Crippen molar-refractivity contribution in [3.05, 3.63) is 54.3 Å². The van der Waals surface area contributed by atoms with Gasteiger partial charge < -0.3 is 15.1 Å². The number of hydrogen-bond acceptors (Lipinski definition) is 4. The molecule has 1 saturated heterocycles. The molecule has 0 saturated carbocycles. The second-order valence-electron chi connectivity index (χ2n) is 6.51. The molecule has 4 rings (SSSR count). The first-order chi connectivity index (χ1) is 12.2. The van der Waals surface area contributed by atoms with Crippen LogP contribution in [0.25, 0.3) is 22.4 Å². The minimum atomic E-state index is -0.0630. The first-order valence-corrected chi connectivity index (χ1v) is 8.70. The largest absolute Gasteiger partial charge is 0.463 e. The van der Waals surface area contributed by atoms with Gasteiger partial charge in [0.05, 0.1) is 17.3 Å². The predicted octanol–water partition coefficient (Wildman–Crippen LogP) is 3.37. The van der Waals surface area contributed by atoms with Gasteiger partial charge >= 0.3 is 0 Å². The number of aromatic nitrogens is 1. The summed E-state index contributed by atoms with van der Waals surface area (Å²) in [5.41, 5.74) is 2.09. The van der Waals surface area contributed by atoms with E-state index in [2.05, 4.69) is 22.5 Å². The maximum Gasteiger partial charge on any atom is 0.252 e. The Kier molecular flexibility index (Phi) is 4.24. The van der Waals surface area contributed by atoms with Crippen LogP contribution in [0.2, 0.25) is 0 Å². The summed E-state index contributed by atoms with van der Waals surface area (Å²) < 4.78 is 5.47. The van der Waals surface area contributed by atoms with E-state index < -0.39 is 0 Å². The molecular formula is C20H21N3O2. The summed E-state index contributed by atoms with van der Waals surface area (Å²) in [6, 6.07) is 13.6. The van der Waals surface area contributed by atoms with Crippen LogP contribution in [0.3, 0.4) is 0 Å². The first-order valence-electron chi connectivity index (χ1n) is 8.70. The fourth-order valence-corrected chi connectivity index (χ4v) is 3.40. The SMILES string of the molecule is CC1NCCCC1NC(=O)c1cc(-c2ccco2)nc2ccccc12. The van der Waals surface area contributed by atoms with E-state index in [0.29, 0.717) is 17.0 Å². The lowest BCUT2D eigenvalue weighted by atomic mass is 9.98. The molecule has 0 radical (unpaired) electrons. The number of fused-ring (bicyclic) bond motifs is 1. The van der Waals surface area contributed by atoms with Crippen molar-refractivity contribution < 1.29 is 9.21 Å². The topological polar surface area (TPSA) is 67.2 Å². The molecular weight excluding hydrogens is 314 g/mol. The minimum absolute atomic E-state index is 0.0630. The number of para-hydroxylation sites is 1. The highest BCUT2D eigenvalue weighted by Crippen LogP contribution is 2.25. The van der Waals surface area contributed by atoms with Gasteiger partial charge in [-0.05, 0) is 50.6 Å². The number of nitrogens with zero attached hydrogens (tertiary/aromatic N) is 1. The van der Waals surface area contributed by atoms with Crippen LogP contribution in [0, 0.1) is 0 Å². The molecule has 3 heterocycles. The average molecular weight is 335 g/mol. The van der Waals surface area contributed by atoms with Crippen LogP contribution in [0.15, 0.2) is 53.1 Å². The van der Waals surface area contributed by atoms with Gasteiger partial charge in [-0.25, -0.2) is 4.98 Å². The number of hydrogen-bond donors (Lipinski definition) is 2. The van der Waals surface area contributed by atoms with E-state index in [1.807, 2.05) is 42.5 Å². The van der Waals surface area contributed by atoms with Gasteiger partial charge in [0.25, 0.3) is 5.91 Å². The zero-order valence-corrected chi connectivity index (χ0v) is 14.2. The highest BCUT2D eigenvalue weighted by atomic mass is 16.3. The summed E-state index contributed by atoms with van der Waals surface area (Å²) in [7, 11) is 0. The number of furan rings is 1. The number of rotatable bonds is 3. The summed E-state index contributed by atoms with van der Waals surface area (Å²) in [6.45, 7) is 3.12. The van der Waals surface area contributed by atoms with Gasteiger partial charge in [0.15, 0.2) is 5.76 Å². The molecule has 25 heavy (non-hydrogen) atoms. The van der Waals surface area contributed by atoms with Gasteiger partial charge in [-0.1, -0.05) is 18.2 Å². The van der Waals surface area contributed by atoms with E-state index >= 15 is 0 Å². The lowest BCUT2D eigenvalue weighted by Crippen LogP contribution is -2.51. The van der Waals surface area contributed by atoms with Gasteiger partial charge in [-0.2, -0.15) is 0 Å². The van der Waals surface area contributed by atoms with Crippen LogP contribution in [0.5, 0.6) is 0 Å². The molecule has 2 atom stereocenters. The Labute approximate surface area is 146 Å². The van der Waals surface area contributed by atoms with E-state index in [9.17, 15) is 4.79 Å². The van der Waals surface area contributed by atoms with Crippen molar-refractivity contribution in [3.8, 4) is 11.5 Å². The number of carbonyl (C=O) groups excluding carboxylic acids is 1. The number of carbonyl (C=O) groups is 1. The second kappa shape index (κ2) is 6.69. The zero-order valence-electron chi connectivity index (χ0n) is 14.2. The summed E-state index contributed by atoms with van der Waals surface area (Å²) in [4.78, 5) is 17.6. The molecule has 1 aromatic carbocycles. The van der Waals surface area contributed by atoms with Crippen molar-refractivity contribution in [2.24, 2.45) is 0 Å². The van der Waals surface area contributed by atoms with Crippen LogP contribution in [0.4, 0.5) is 0 Å². The molecule has 1 amide bonds. The van der Waals surface area contributed by atoms with E-state index in [4.69, 9.17) is 4.42 Å². The van der Waals surface area contributed by atoms with Gasteiger partial charge in [-0.15, -0.1) is 0 Å². The molecule has 5 heteroatoms. The number of pyridine rings is 1. The minimum Gasteiger partial charge on any atom is -0.463 e. The Hall–Kier alpha value is -2.66. The zero-order chi connectivity index (χ0) is 17.2. The Morgan fingerprint density at radius 2 is 2.16 bits per heavy atom. The molecule has 1 aliphatic rings. The van der Waals surface area contributed by atoms with Crippen LogP contribution >= 0.6 is 0 Å². The molecule has 2 aromatic heterocycles. The van der Waals surface area contributed by atoms with Gasteiger partial charge in [0.1, 0.15) is 5.69 Å². The fraction of sp³-hybridized carbons (Fsp3) is 0.300. The van der Waals surface area contributed by atoms with E-state index in [1.165, 1.54) is 0 Å². The third kappa shape index (κ3) is 3.15. The Morgan fingerprint density at radius 1 is 1.28 bits per heavy atom. The standard InChI is InChI=1S/C20H21N3O2/c1-13-16(8-4-10-21-13)23-20(24)15-12-18(19-9-5-11-25-19)22-17-7-3-2-6-14(15)17/h2-3,5-7,9,11-13,16,21H,4,8,10H2,1H3,(H,23,24). The molecule has 128 valence electrons. The molecule has 0 spiro atoms. The molecule has 1 aliphatic heterocycles. The Morgan fingerprint density at radius 3 is 2.96 bits per heavy atom.